The van der Waals surface area contributed by atoms with Crippen molar-refractivity contribution in [1.29, 1.82) is 0 Å². The van der Waals surface area contributed by atoms with E-state index in [1.54, 1.807) is 11.1 Å². The van der Waals surface area contributed by atoms with Crippen LogP contribution in [0.25, 0.3) is 0 Å². The van der Waals surface area contributed by atoms with Gasteiger partial charge in [-0.3, -0.25) is 0 Å². The summed E-state index contributed by atoms with van der Waals surface area (Å²) in [5, 5.41) is 0. The van der Waals surface area contributed by atoms with Crippen LogP contribution in [-0.2, 0) is 4.74 Å². The third kappa shape index (κ3) is 12.5. The average molecular weight is 375 g/mol. The third-order valence-electron chi connectivity index (χ3n) is 6.34. The van der Waals surface area contributed by atoms with Crippen molar-refractivity contribution >= 4 is 0 Å². The quantitative estimate of drug-likeness (QED) is 0.447. The first-order chi connectivity index (χ1) is 13.4. The largest absolute Gasteiger partial charge is 0.373 e. The molecule has 2 rings (SSSR count). The van der Waals surface area contributed by atoms with Gasteiger partial charge in [0.15, 0.2) is 0 Å². The average Bonchev–Trinajstić information content (AvgIpc) is 2.65. The molecule has 0 saturated heterocycles. The van der Waals surface area contributed by atoms with E-state index in [9.17, 15) is 0 Å². The number of allylic oxidation sites excluding steroid dienone is 2. The SMILES string of the molecule is C1=C(COC/C2=C\CCCCCCCCCC2)CCCCCCCCCC1. The first kappa shape index (κ1) is 22.7. The maximum absolute atomic E-state index is 6.22. The first-order valence-corrected chi connectivity index (χ1v) is 12.4. The molecule has 0 spiro atoms. The van der Waals surface area contributed by atoms with E-state index in [1.165, 1.54) is 128 Å². The zero-order chi connectivity index (χ0) is 18.8. The topological polar surface area (TPSA) is 9.23 Å². The van der Waals surface area contributed by atoms with E-state index < -0.39 is 0 Å². The van der Waals surface area contributed by atoms with Gasteiger partial charge in [-0.15, -0.1) is 0 Å². The molecule has 0 bridgehead atoms. The minimum absolute atomic E-state index is 0.872. The number of ether oxygens (including phenoxy) is 1. The molecule has 1 heteroatoms. The summed E-state index contributed by atoms with van der Waals surface area (Å²) in [5.74, 6) is 0. The zero-order valence-corrected chi connectivity index (χ0v) is 18.1. The fourth-order valence-corrected chi connectivity index (χ4v) is 4.51. The van der Waals surface area contributed by atoms with Crippen LogP contribution in [0.1, 0.15) is 128 Å². The highest BCUT2D eigenvalue weighted by molar-refractivity contribution is 5.05. The molecule has 0 aromatic carbocycles. The summed E-state index contributed by atoms with van der Waals surface area (Å²) in [6, 6.07) is 0. The fraction of sp³-hybridized carbons (Fsp3) is 0.846. The van der Waals surface area contributed by atoms with Crippen molar-refractivity contribution in [2.45, 2.75) is 128 Å². The van der Waals surface area contributed by atoms with Crippen molar-refractivity contribution < 1.29 is 4.74 Å². The Morgan fingerprint density at radius 2 is 0.778 bits per heavy atom. The van der Waals surface area contributed by atoms with E-state index in [0.29, 0.717) is 0 Å². The van der Waals surface area contributed by atoms with E-state index in [2.05, 4.69) is 12.2 Å². The normalized spacial score (nSPS) is 24.9. The van der Waals surface area contributed by atoms with Gasteiger partial charge in [0.05, 0.1) is 13.2 Å². The smallest absolute Gasteiger partial charge is 0.0681 e. The summed E-state index contributed by atoms with van der Waals surface area (Å²) < 4.78 is 6.22. The van der Waals surface area contributed by atoms with Crippen LogP contribution in [0.2, 0.25) is 0 Å². The molecule has 0 radical (unpaired) electrons. The highest BCUT2D eigenvalue weighted by Gasteiger charge is 2.04. The second kappa shape index (κ2) is 16.4. The number of hydrogen-bond donors (Lipinski definition) is 0. The van der Waals surface area contributed by atoms with Crippen molar-refractivity contribution in [3.05, 3.63) is 23.3 Å². The van der Waals surface area contributed by atoms with Gasteiger partial charge in [-0.05, 0) is 62.5 Å². The molecule has 0 heterocycles. The van der Waals surface area contributed by atoms with Crippen LogP contribution < -0.4 is 0 Å². The second-order valence-electron chi connectivity index (χ2n) is 8.95. The van der Waals surface area contributed by atoms with Crippen LogP contribution in [0.5, 0.6) is 0 Å². The van der Waals surface area contributed by atoms with Crippen molar-refractivity contribution in [1.82, 2.24) is 0 Å². The van der Waals surface area contributed by atoms with Crippen LogP contribution in [0, 0.1) is 0 Å². The Hall–Kier alpha value is -0.560. The molecule has 0 saturated carbocycles. The molecular formula is C26H46O. The molecular weight excluding hydrogens is 328 g/mol. The molecule has 1 nitrogen and oxygen atoms in total. The lowest BCUT2D eigenvalue weighted by atomic mass is 10.0. The Bertz CT molecular complexity index is 368. The molecule has 0 amide bonds. The molecule has 0 fully saturated rings. The number of rotatable bonds is 4. The van der Waals surface area contributed by atoms with Gasteiger partial charge in [0, 0.05) is 0 Å². The molecule has 0 unspecified atom stereocenters. The summed E-state index contributed by atoms with van der Waals surface area (Å²) in [7, 11) is 0. The van der Waals surface area contributed by atoms with Gasteiger partial charge in [-0.25, -0.2) is 0 Å². The van der Waals surface area contributed by atoms with E-state index in [1.807, 2.05) is 0 Å². The van der Waals surface area contributed by atoms with Gasteiger partial charge in [0.25, 0.3) is 0 Å². The highest BCUT2D eigenvalue weighted by Crippen LogP contribution is 2.19. The van der Waals surface area contributed by atoms with Gasteiger partial charge in [0.2, 0.25) is 0 Å². The van der Waals surface area contributed by atoms with E-state index in [-0.39, 0.29) is 0 Å². The van der Waals surface area contributed by atoms with E-state index in [4.69, 9.17) is 4.74 Å². The molecule has 27 heavy (non-hydrogen) atoms. The van der Waals surface area contributed by atoms with Gasteiger partial charge in [0.1, 0.15) is 0 Å². The van der Waals surface area contributed by atoms with Gasteiger partial charge < -0.3 is 4.74 Å². The van der Waals surface area contributed by atoms with Crippen molar-refractivity contribution in [3.8, 4) is 0 Å². The Balaban J connectivity index is 1.73. The lowest BCUT2D eigenvalue weighted by Gasteiger charge is -2.13. The molecule has 0 N–H and O–H groups in total. The minimum atomic E-state index is 0.872. The second-order valence-corrected chi connectivity index (χ2v) is 8.95. The van der Waals surface area contributed by atoms with E-state index >= 15 is 0 Å². The van der Waals surface area contributed by atoms with Crippen molar-refractivity contribution in [2.75, 3.05) is 13.2 Å². The summed E-state index contributed by atoms with van der Waals surface area (Å²) >= 11 is 0. The molecule has 0 aromatic rings. The molecule has 2 aliphatic carbocycles. The lowest BCUT2D eigenvalue weighted by molar-refractivity contribution is 0.174. The van der Waals surface area contributed by atoms with Crippen molar-refractivity contribution in [2.24, 2.45) is 0 Å². The molecule has 0 aromatic heterocycles. The molecule has 156 valence electrons. The lowest BCUT2D eigenvalue weighted by Crippen LogP contribution is -2.04. The van der Waals surface area contributed by atoms with Crippen LogP contribution in [0.3, 0.4) is 0 Å². The predicted molar refractivity (Wildman–Crippen MR) is 119 cm³/mol. The Labute approximate surface area is 170 Å². The standard InChI is InChI=1S/C26H46O/c1-3-7-11-15-19-25(20-16-12-8-4-1)23-27-24-26-21-17-13-9-5-2-6-10-14-18-22-26/h19,21H,1-18,20,22-24H2/b25-19-,26-21?. The van der Waals surface area contributed by atoms with Gasteiger partial charge >= 0.3 is 0 Å². The monoisotopic (exact) mass is 374 g/mol. The summed E-state index contributed by atoms with van der Waals surface area (Å²) in [4.78, 5) is 0. The van der Waals surface area contributed by atoms with Crippen molar-refractivity contribution in [3.63, 3.8) is 0 Å². The zero-order valence-electron chi connectivity index (χ0n) is 18.1. The number of hydrogen-bond acceptors (Lipinski definition) is 1. The van der Waals surface area contributed by atoms with Crippen LogP contribution in [-0.4, -0.2) is 13.2 Å². The Morgan fingerprint density at radius 3 is 1.19 bits per heavy atom. The molecule has 0 aliphatic heterocycles. The van der Waals surface area contributed by atoms with Crippen LogP contribution >= 0.6 is 0 Å². The van der Waals surface area contributed by atoms with Gasteiger partial charge in [-0.2, -0.15) is 0 Å². The maximum atomic E-state index is 6.22. The maximum Gasteiger partial charge on any atom is 0.0681 e. The summed E-state index contributed by atoms with van der Waals surface area (Å²) in [6.07, 6.45) is 32.7. The summed E-state index contributed by atoms with van der Waals surface area (Å²) in [5.41, 5.74) is 3.15. The predicted octanol–water partition coefficient (Wildman–Crippen LogP) is 8.69. The molecule has 0 atom stereocenters. The Morgan fingerprint density at radius 1 is 0.444 bits per heavy atom. The fourth-order valence-electron chi connectivity index (χ4n) is 4.51. The van der Waals surface area contributed by atoms with Gasteiger partial charge in [-0.1, -0.05) is 89.2 Å². The first-order valence-electron chi connectivity index (χ1n) is 12.4. The molecule has 2 aliphatic rings. The minimum Gasteiger partial charge on any atom is -0.373 e. The van der Waals surface area contributed by atoms with Crippen LogP contribution in [0.15, 0.2) is 23.3 Å². The highest BCUT2D eigenvalue weighted by atomic mass is 16.5. The Kier molecular flexibility index (Phi) is 13.8. The van der Waals surface area contributed by atoms with E-state index in [0.717, 1.165) is 13.2 Å². The van der Waals surface area contributed by atoms with Crippen LogP contribution in [0.4, 0.5) is 0 Å². The third-order valence-corrected chi connectivity index (χ3v) is 6.34. The summed E-state index contributed by atoms with van der Waals surface area (Å²) in [6.45, 7) is 1.74.